The molecule has 0 aromatic carbocycles. The van der Waals surface area contributed by atoms with Crippen LogP contribution in [0.3, 0.4) is 0 Å². The lowest BCUT2D eigenvalue weighted by Gasteiger charge is -2.46. The van der Waals surface area contributed by atoms with Crippen molar-refractivity contribution in [3.8, 4) is 0 Å². The van der Waals surface area contributed by atoms with Gasteiger partial charge in [0.05, 0.1) is 32.0 Å². The molecule has 0 aromatic rings. The van der Waals surface area contributed by atoms with Crippen LogP contribution in [0.15, 0.2) is 72.9 Å². The fourth-order valence-corrected chi connectivity index (χ4v) is 12.6. The number of unbranched alkanes of at least 4 members (excludes halogenated alkanes) is 42. The molecule has 1 amide bonds. The molecular formula is C80H145NO13. The molecule has 14 nitrogen and oxygen atoms in total. The van der Waals surface area contributed by atoms with Crippen LogP contribution in [0.4, 0.5) is 0 Å². The zero-order chi connectivity index (χ0) is 68.0. The van der Waals surface area contributed by atoms with Crippen LogP contribution in [0.5, 0.6) is 0 Å². The minimum Gasteiger partial charge on any atom is -0.394 e. The van der Waals surface area contributed by atoms with Crippen molar-refractivity contribution < 1.29 is 64.6 Å². The Labute approximate surface area is 574 Å². The third-order valence-electron chi connectivity index (χ3n) is 18.8. The average Bonchev–Trinajstić information content (AvgIpc) is 0.794. The summed E-state index contributed by atoms with van der Waals surface area (Å²) in [7, 11) is 0. The van der Waals surface area contributed by atoms with E-state index in [-0.39, 0.29) is 18.9 Å². The molecule has 14 heteroatoms. The topological polar surface area (TPSA) is 228 Å². The second-order valence-electron chi connectivity index (χ2n) is 27.5. The molecule has 0 spiro atoms. The fraction of sp³-hybridized carbons (Fsp3) is 0.838. The zero-order valence-electron chi connectivity index (χ0n) is 60.0. The first-order valence-corrected chi connectivity index (χ1v) is 39.2. The number of hydrogen-bond acceptors (Lipinski definition) is 13. The van der Waals surface area contributed by atoms with Crippen molar-refractivity contribution in [3.05, 3.63) is 72.9 Å². The van der Waals surface area contributed by atoms with Gasteiger partial charge in [0.15, 0.2) is 12.6 Å². The molecule has 548 valence electrons. The molecule has 2 saturated heterocycles. The van der Waals surface area contributed by atoms with Crippen LogP contribution in [0.2, 0.25) is 0 Å². The van der Waals surface area contributed by atoms with Gasteiger partial charge >= 0.3 is 0 Å². The van der Waals surface area contributed by atoms with Crippen molar-refractivity contribution >= 4 is 5.91 Å². The van der Waals surface area contributed by atoms with Gasteiger partial charge < -0.3 is 65.1 Å². The smallest absolute Gasteiger partial charge is 0.220 e. The predicted molar refractivity (Wildman–Crippen MR) is 387 cm³/mol. The molecule has 0 saturated carbocycles. The van der Waals surface area contributed by atoms with Crippen molar-refractivity contribution in [2.75, 3.05) is 19.8 Å². The van der Waals surface area contributed by atoms with Gasteiger partial charge in [0, 0.05) is 6.42 Å². The fourth-order valence-electron chi connectivity index (χ4n) is 12.6. The second kappa shape index (κ2) is 63.8. The van der Waals surface area contributed by atoms with Crippen molar-refractivity contribution in [3.63, 3.8) is 0 Å². The lowest BCUT2D eigenvalue weighted by molar-refractivity contribution is -0.359. The highest BCUT2D eigenvalue weighted by atomic mass is 16.7. The van der Waals surface area contributed by atoms with Gasteiger partial charge in [-0.3, -0.25) is 4.79 Å². The highest BCUT2D eigenvalue weighted by Crippen LogP contribution is 2.30. The van der Waals surface area contributed by atoms with Gasteiger partial charge in [0.2, 0.25) is 5.91 Å². The lowest BCUT2D eigenvalue weighted by Crippen LogP contribution is -2.65. The summed E-state index contributed by atoms with van der Waals surface area (Å²) in [6, 6.07) is -0.942. The first-order valence-electron chi connectivity index (χ1n) is 39.2. The quantitative estimate of drug-likeness (QED) is 0.0204. The Morgan fingerprint density at radius 1 is 0.383 bits per heavy atom. The van der Waals surface area contributed by atoms with Crippen LogP contribution in [-0.4, -0.2) is 140 Å². The minimum absolute atomic E-state index is 0.250. The summed E-state index contributed by atoms with van der Waals surface area (Å²) in [4.78, 5) is 13.4. The number of aliphatic hydroxyl groups excluding tert-OH is 8. The first kappa shape index (κ1) is 87.5. The van der Waals surface area contributed by atoms with E-state index in [1.165, 1.54) is 244 Å². The van der Waals surface area contributed by atoms with Crippen molar-refractivity contribution in [1.29, 1.82) is 0 Å². The SMILES string of the molecule is CCCCCCC/C=C\C/C=C\C/C=C\CCCCCCCCCCCCCCCCCCCCC(=O)NC(COC1OC(CO)C(OC2OC(CO)C(O)C(O)C2O)C(O)C1O)C(O)/C=C/CC/C=C/CC/C=C/CCCCCCCCCCCCCCCCCCC. The van der Waals surface area contributed by atoms with Gasteiger partial charge in [-0.1, -0.05) is 318 Å². The Kier molecular flexibility index (Phi) is 59.4. The van der Waals surface area contributed by atoms with Crippen molar-refractivity contribution in [2.45, 2.75) is 408 Å². The summed E-state index contributed by atoms with van der Waals surface area (Å²) in [5.41, 5.74) is 0. The maximum atomic E-state index is 13.4. The molecule has 2 heterocycles. The highest BCUT2D eigenvalue weighted by Gasteiger charge is 2.51. The number of carbonyl (C=O) groups is 1. The van der Waals surface area contributed by atoms with E-state index in [4.69, 9.17) is 18.9 Å². The Morgan fingerprint density at radius 2 is 0.713 bits per heavy atom. The molecule has 0 aromatic heterocycles. The molecule has 2 aliphatic heterocycles. The first-order chi connectivity index (χ1) is 46.1. The Balaban J connectivity index is 1.65. The molecule has 0 radical (unpaired) electrons. The maximum Gasteiger partial charge on any atom is 0.220 e. The summed E-state index contributed by atoms with van der Waals surface area (Å²) in [5.74, 6) is -0.250. The molecule has 12 unspecified atom stereocenters. The number of allylic oxidation sites excluding steroid dienone is 11. The van der Waals surface area contributed by atoms with Gasteiger partial charge in [-0.25, -0.2) is 0 Å². The van der Waals surface area contributed by atoms with Gasteiger partial charge in [-0.15, -0.1) is 0 Å². The molecule has 2 fully saturated rings. The summed E-state index contributed by atoms with van der Waals surface area (Å²) in [5, 5.41) is 87.6. The van der Waals surface area contributed by atoms with E-state index in [2.05, 4.69) is 79.9 Å². The Hall–Kier alpha value is -2.57. The van der Waals surface area contributed by atoms with E-state index in [0.29, 0.717) is 12.8 Å². The average molecular weight is 1330 g/mol. The number of rotatable bonds is 65. The summed E-state index contributed by atoms with van der Waals surface area (Å²) in [6.45, 7) is 2.81. The number of aliphatic hydroxyl groups is 8. The van der Waals surface area contributed by atoms with E-state index in [1.54, 1.807) is 6.08 Å². The van der Waals surface area contributed by atoms with Crippen LogP contribution in [0, 0.1) is 0 Å². The normalized spacial score (nSPS) is 22.8. The third kappa shape index (κ3) is 46.7. The molecular weight excluding hydrogens is 1180 g/mol. The molecule has 0 bridgehead atoms. The molecule has 94 heavy (non-hydrogen) atoms. The molecule has 0 aliphatic carbocycles. The summed E-state index contributed by atoms with van der Waals surface area (Å²) >= 11 is 0. The maximum absolute atomic E-state index is 13.4. The number of nitrogens with one attached hydrogen (secondary N) is 1. The van der Waals surface area contributed by atoms with Crippen LogP contribution < -0.4 is 5.32 Å². The molecule has 2 aliphatic rings. The van der Waals surface area contributed by atoms with E-state index >= 15 is 0 Å². The number of ether oxygens (including phenoxy) is 4. The van der Waals surface area contributed by atoms with Crippen LogP contribution >= 0.6 is 0 Å². The predicted octanol–water partition coefficient (Wildman–Crippen LogP) is 17.4. The van der Waals surface area contributed by atoms with E-state index < -0.39 is 86.8 Å². The van der Waals surface area contributed by atoms with Gasteiger partial charge in [-0.05, 0) is 83.5 Å². The van der Waals surface area contributed by atoms with Crippen LogP contribution in [0.1, 0.15) is 335 Å². The standard InChI is InChI=1S/C80H145NO13/c1-3-5-7-9-11-13-15-17-19-21-23-25-27-29-31-32-33-34-35-36-38-40-42-44-46-48-50-52-54-56-58-60-62-64-72(85)81-68(67-91-79-77(90)75(88)78(71(66-83)93-79)94-80-76(89)74(87)73(86)70(65-82)92-80)69(84)63-61-59-57-55-53-51-49-47-45-43-41-39-37-30-28-26-24-22-20-18-16-14-12-10-8-6-4-2/h15,17,21,23,27,29,45,47,53,55,61,63,68-71,73-80,82-84,86-90H,3-14,16,18-20,22,24-26,28,30-44,46,48-52,54,56-60,62,64-67H2,1-2H3,(H,81,85)/b17-15-,23-21-,29-27-,47-45+,55-53+,63-61+. The molecule has 2 rings (SSSR count). The number of carbonyl (C=O) groups excluding carboxylic acids is 1. The zero-order valence-corrected chi connectivity index (χ0v) is 60.0. The lowest BCUT2D eigenvalue weighted by atomic mass is 9.97. The third-order valence-corrected chi connectivity index (χ3v) is 18.8. The van der Waals surface area contributed by atoms with Gasteiger partial charge in [-0.2, -0.15) is 0 Å². The van der Waals surface area contributed by atoms with Gasteiger partial charge in [0.1, 0.15) is 48.8 Å². The number of hydrogen-bond donors (Lipinski definition) is 9. The summed E-state index contributed by atoms with van der Waals surface area (Å²) < 4.78 is 22.9. The largest absolute Gasteiger partial charge is 0.394 e. The Bertz CT molecular complexity index is 1860. The molecule has 9 N–H and O–H groups in total. The van der Waals surface area contributed by atoms with Crippen molar-refractivity contribution in [2.24, 2.45) is 0 Å². The number of amides is 1. The van der Waals surface area contributed by atoms with E-state index in [9.17, 15) is 45.6 Å². The van der Waals surface area contributed by atoms with Crippen LogP contribution in [0.25, 0.3) is 0 Å². The second-order valence-corrected chi connectivity index (χ2v) is 27.5. The minimum atomic E-state index is -1.80. The highest BCUT2D eigenvalue weighted by molar-refractivity contribution is 5.76. The monoisotopic (exact) mass is 1330 g/mol. The van der Waals surface area contributed by atoms with Crippen LogP contribution in [-0.2, 0) is 23.7 Å². The van der Waals surface area contributed by atoms with Crippen molar-refractivity contribution in [1.82, 2.24) is 5.32 Å². The van der Waals surface area contributed by atoms with Gasteiger partial charge in [0.25, 0.3) is 0 Å². The molecule has 12 atom stereocenters. The summed E-state index contributed by atoms with van der Waals surface area (Å²) in [6.07, 6.45) is 71.2. The Morgan fingerprint density at radius 3 is 1.12 bits per heavy atom. The van der Waals surface area contributed by atoms with E-state index in [1.807, 2.05) is 6.08 Å². The van der Waals surface area contributed by atoms with E-state index in [0.717, 1.165) is 57.8 Å².